The predicted octanol–water partition coefficient (Wildman–Crippen LogP) is 1.46. The molecule has 0 bridgehead atoms. The van der Waals surface area contributed by atoms with Crippen LogP contribution in [0.25, 0.3) is 0 Å². The van der Waals surface area contributed by atoms with E-state index in [0.29, 0.717) is 0 Å². The van der Waals surface area contributed by atoms with Crippen molar-refractivity contribution in [3.63, 3.8) is 0 Å². The second-order valence-electron chi connectivity index (χ2n) is 3.59. The lowest BCUT2D eigenvalue weighted by atomic mass is 10.2. The molecule has 0 saturated carbocycles. The van der Waals surface area contributed by atoms with Gasteiger partial charge in [-0.25, -0.2) is 0 Å². The molecule has 0 fully saturated rings. The lowest BCUT2D eigenvalue weighted by Gasteiger charge is -2.16. The molecular formula is C10H20N2O3S. The third kappa shape index (κ3) is 6.52. The smallest absolute Gasteiger partial charge is 0.271 e. The van der Waals surface area contributed by atoms with E-state index in [2.05, 4.69) is 0 Å². The first-order valence-electron chi connectivity index (χ1n) is 4.48. The molecule has 0 aliphatic carbocycles. The molecule has 1 aromatic carbocycles. The summed E-state index contributed by atoms with van der Waals surface area (Å²) in [6.45, 7) is 2.65. The molecule has 0 atom stereocenters. The van der Waals surface area contributed by atoms with Gasteiger partial charge in [0, 0.05) is 6.54 Å². The molecule has 0 aromatic heterocycles. The molecule has 16 heavy (non-hydrogen) atoms. The Balaban J connectivity index is 0. The van der Waals surface area contributed by atoms with Crippen molar-refractivity contribution in [1.82, 2.24) is 6.15 Å². The zero-order chi connectivity index (χ0) is 11.9. The zero-order valence-electron chi connectivity index (χ0n) is 9.63. The van der Waals surface area contributed by atoms with Crippen LogP contribution < -0.4 is 11.9 Å². The van der Waals surface area contributed by atoms with Crippen molar-refractivity contribution in [1.29, 1.82) is 0 Å². The molecule has 5 nitrogen and oxygen atoms in total. The SMILES string of the molecule is CC(C)(CN)S(=O)(=O)O.N.c1ccccc1. The highest BCUT2D eigenvalue weighted by Gasteiger charge is 2.30. The van der Waals surface area contributed by atoms with Crippen molar-refractivity contribution >= 4 is 10.1 Å². The Morgan fingerprint density at radius 1 is 1.06 bits per heavy atom. The molecule has 0 aliphatic rings. The van der Waals surface area contributed by atoms with Crippen LogP contribution in [0, 0.1) is 0 Å². The van der Waals surface area contributed by atoms with Gasteiger partial charge >= 0.3 is 0 Å². The van der Waals surface area contributed by atoms with Crippen LogP contribution in [0.4, 0.5) is 0 Å². The summed E-state index contributed by atoms with van der Waals surface area (Å²) in [5, 5.41) is 0. The normalized spacial score (nSPS) is 10.8. The third-order valence-electron chi connectivity index (χ3n) is 1.86. The quantitative estimate of drug-likeness (QED) is 0.685. The van der Waals surface area contributed by atoms with Crippen LogP contribution in [0.1, 0.15) is 13.8 Å². The van der Waals surface area contributed by atoms with E-state index < -0.39 is 14.9 Å². The third-order valence-corrected chi connectivity index (χ3v) is 3.42. The van der Waals surface area contributed by atoms with Crippen LogP contribution in [0.5, 0.6) is 0 Å². The molecule has 0 heterocycles. The molecule has 6 N–H and O–H groups in total. The average molecular weight is 248 g/mol. The molecule has 0 spiro atoms. The van der Waals surface area contributed by atoms with Gasteiger partial charge in [-0.2, -0.15) is 8.42 Å². The predicted molar refractivity (Wildman–Crippen MR) is 66.1 cm³/mol. The van der Waals surface area contributed by atoms with Crippen molar-refractivity contribution in [3.8, 4) is 0 Å². The Hall–Kier alpha value is -0.950. The number of nitrogens with two attached hydrogens (primary N) is 1. The summed E-state index contributed by atoms with van der Waals surface area (Å²) in [6.07, 6.45) is 0. The van der Waals surface area contributed by atoms with Crippen LogP contribution in [0.2, 0.25) is 0 Å². The van der Waals surface area contributed by atoms with Crippen molar-refractivity contribution in [2.24, 2.45) is 5.73 Å². The van der Waals surface area contributed by atoms with E-state index in [-0.39, 0.29) is 12.7 Å². The highest BCUT2D eigenvalue weighted by atomic mass is 32.2. The van der Waals surface area contributed by atoms with Crippen LogP contribution in [0.15, 0.2) is 36.4 Å². The topological polar surface area (TPSA) is 115 Å². The highest BCUT2D eigenvalue weighted by molar-refractivity contribution is 7.87. The average Bonchev–Trinajstić information content (AvgIpc) is 2.20. The lowest BCUT2D eigenvalue weighted by Crippen LogP contribution is -2.39. The summed E-state index contributed by atoms with van der Waals surface area (Å²) in [5.41, 5.74) is 5.05. The van der Waals surface area contributed by atoms with Crippen LogP contribution in [-0.2, 0) is 10.1 Å². The van der Waals surface area contributed by atoms with E-state index in [4.69, 9.17) is 10.3 Å². The minimum absolute atomic E-state index is 0. The van der Waals surface area contributed by atoms with Crippen molar-refractivity contribution in [2.75, 3.05) is 6.54 Å². The van der Waals surface area contributed by atoms with Gasteiger partial charge in [-0.05, 0) is 13.8 Å². The van der Waals surface area contributed by atoms with E-state index in [1.54, 1.807) is 0 Å². The number of benzene rings is 1. The van der Waals surface area contributed by atoms with Crippen LogP contribution in [-0.4, -0.2) is 24.3 Å². The maximum atomic E-state index is 10.4. The minimum Gasteiger partial charge on any atom is -0.344 e. The van der Waals surface area contributed by atoms with E-state index in [0.717, 1.165) is 0 Å². The molecule has 0 saturated heterocycles. The fourth-order valence-electron chi connectivity index (χ4n) is 0.490. The van der Waals surface area contributed by atoms with Gasteiger partial charge in [-0.3, -0.25) is 4.55 Å². The summed E-state index contributed by atoms with van der Waals surface area (Å²) >= 11 is 0. The molecular weight excluding hydrogens is 228 g/mol. The largest absolute Gasteiger partial charge is 0.344 e. The molecule has 0 radical (unpaired) electrons. The first kappa shape index (κ1) is 17.4. The van der Waals surface area contributed by atoms with Crippen molar-refractivity contribution in [3.05, 3.63) is 36.4 Å². The Bertz CT molecular complexity index is 336. The Morgan fingerprint density at radius 3 is 1.38 bits per heavy atom. The highest BCUT2D eigenvalue weighted by Crippen LogP contribution is 2.11. The Labute approximate surface area is 97.0 Å². The van der Waals surface area contributed by atoms with E-state index in [1.807, 2.05) is 36.4 Å². The molecule has 0 aliphatic heterocycles. The van der Waals surface area contributed by atoms with Crippen LogP contribution in [0.3, 0.4) is 0 Å². The van der Waals surface area contributed by atoms with Gasteiger partial charge in [0.1, 0.15) is 4.75 Å². The summed E-state index contributed by atoms with van der Waals surface area (Å²) in [7, 11) is -3.98. The van der Waals surface area contributed by atoms with E-state index >= 15 is 0 Å². The molecule has 1 aromatic rings. The van der Waals surface area contributed by atoms with Gasteiger partial charge in [-0.1, -0.05) is 36.4 Å². The maximum absolute atomic E-state index is 10.4. The van der Waals surface area contributed by atoms with E-state index in [9.17, 15) is 8.42 Å². The zero-order valence-corrected chi connectivity index (χ0v) is 10.4. The first-order chi connectivity index (χ1) is 6.81. The Morgan fingerprint density at radius 2 is 1.31 bits per heavy atom. The summed E-state index contributed by atoms with van der Waals surface area (Å²) in [6, 6.07) is 12.0. The molecule has 0 unspecified atom stereocenters. The number of hydrogen-bond acceptors (Lipinski definition) is 4. The Kier molecular flexibility index (Phi) is 8.01. The first-order valence-corrected chi connectivity index (χ1v) is 5.92. The number of hydrogen-bond donors (Lipinski definition) is 3. The fraction of sp³-hybridized carbons (Fsp3) is 0.400. The van der Waals surface area contributed by atoms with Gasteiger partial charge in [0.15, 0.2) is 0 Å². The standard InChI is InChI=1S/C6H6.C4H11NO3S.H3N/c1-2-4-6-5-3-1;1-4(2,3-5)9(6,7)8;/h1-6H;3,5H2,1-2H3,(H,6,7,8);1H3. The molecule has 1 rings (SSSR count). The maximum Gasteiger partial charge on any atom is 0.271 e. The molecule has 0 amide bonds. The minimum atomic E-state index is -3.98. The second-order valence-corrected chi connectivity index (χ2v) is 5.65. The summed E-state index contributed by atoms with van der Waals surface area (Å²) < 4.78 is 27.9. The van der Waals surface area contributed by atoms with Gasteiger partial charge < -0.3 is 11.9 Å². The van der Waals surface area contributed by atoms with Gasteiger partial charge in [0.25, 0.3) is 10.1 Å². The van der Waals surface area contributed by atoms with Gasteiger partial charge in [-0.15, -0.1) is 0 Å². The monoisotopic (exact) mass is 248 g/mol. The molecule has 6 heteroatoms. The van der Waals surface area contributed by atoms with Crippen LogP contribution >= 0.6 is 0 Å². The summed E-state index contributed by atoms with van der Waals surface area (Å²) in [5.74, 6) is 0. The fourth-order valence-corrected chi connectivity index (χ4v) is 0.701. The van der Waals surface area contributed by atoms with Gasteiger partial charge in [0.2, 0.25) is 0 Å². The summed E-state index contributed by atoms with van der Waals surface area (Å²) in [4.78, 5) is 0. The lowest BCUT2D eigenvalue weighted by molar-refractivity contribution is 0.443. The number of rotatable bonds is 2. The van der Waals surface area contributed by atoms with E-state index in [1.165, 1.54) is 13.8 Å². The molecule has 94 valence electrons. The van der Waals surface area contributed by atoms with Gasteiger partial charge in [0.05, 0.1) is 0 Å². The van der Waals surface area contributed by atoms with Crippen molar-refractivity contribution in [2.45, 2.75) is 18.6 Å². The second kappa shape index (κ2) is 7.34. The van der Waals surface area contributed by atoms with Crippen molar-refractivity contribution < 1.29 is 13.0 Å².